The minimum atomic E-state index is -1.59. The van der Waals surface area contributed by atoms with E-state index in [9.17, 15) is 9.59 Å². The average Bonchev–Trinajstić information content (AvgIpc) is 2.95. The molecule has 3 N–H and O–H groups in total. The molecule has 0 fully saturated rings. The van der Waals surface area contributed by atoms with Crippen molar-refractivity contribution < 1.29 is 19.8 Å². The van der Waals surface area contributed by atoms with Crippen LogP contribution in [0.2, 0.25) is 0 Å². The van der Waals surface area contributed by atoms with E-state index in [2.05, 4.69) is 10.3 Å². The summed E-state index contributed by atoms with van der Waals surface area (Å²) in [4.78, 5) is 26.6. The Labute approximate surface area is 119 Å². The van der Waals surface area contributed by atoms with Crippen LogP contribution in [0.1, 0.15) is 5.56 Å². The zero-order valence-corrected chi connectivity index (χ0v) is 11.3. The number of aliphatic carboxylic acids is 1. The first kappa shape index (κ1) is 14.5. The van der Waals surface area contributed by atoms with Gasteiger partial charge in [-0.15, -0.1) is 11.8 Å². The number of nitrogens with zero attached hydrogens (tertiary/aromatic N) is 1. The van der Waals surface area contributed by atoms with E-state index in [4.69, 9.17) is 10.2 Å². The Morgan fingerprint density at radius 3 is 2.75 bits per heavy atom. The molecular weight excluding hydrogens is 280 g/mol. The summed E-state index contributed by atoms with van der Waals surface area (Å²) in [5.74, 6) is -1.22. The van der Waals surface area contributed by atoms with Crippen LogP contribution in [0.5, 0.6) is 0 Å². The molecule has 2 atom stereocenters. The molecule has 0 saturated heterocycles. The standard InChI is InChI=1S/C13H14N2O4S/c16-10(13(18)19)6-14-11(17)9-7-20-12(15-9)8-4-2-1-3-5-8/h1-5,9-10,16H,6-7H2,(H,14,17)(H,18,19). The van der Waals surface area contributed by atoms with E-state index in [1.165, 1.54) is 11.8 Å². The topological polar surface area (TPSA) is 99.0 Å². The van der Waals surface area contributed by atoms with Crippen molar-refractivity contribution in [1.29, 1.82) is 0 Å². The molecule has 20 heavy (non-hydrogen) atoms. The summed E-state index contributed by atoms with van der Waals surface area (Å²) in [6.45, 7) is -0.314. The highest BCUT2D eigenvalue weighted by Crippen LogP contribution is 2.23. The van der Waals surface area contributed by atoms with Gasteiger partial charge in [-0.1, -0.05) is 30.3 Å². The summed E-state index contributed by atoms with van der Waals surface area (Å²) < 4.78 is 0. The van der Waals surface area contributed by atoms with E-state index in [0.29, 0.717) is 5.75 Å². The monoisotopic (exact) mass is 294 g/mol. The van der Waals surface area contributed by atoms with Crippen molar-refractivity contribution in [2.75, 3.05) is 12.3 Å². The Balaban J connectivity index is 1.93. The number of carboxylic acids is 1. The largest absolute Gasteiger partial charge is 0.479 e. The van der Waals surface area contributed by atoms with Gasteiger partial charge in [0.05, 0.1) is 11.6 Å². The van der Waals surface area contributed by atoms with Crippen LogP contribution in [-0.2, 0) is 9.59 Å². The molecule has 1 aromatic rings. The van der Waals surface area contributed by atoms with Crippen molar-refractivity contribution in [2.45, 2.75) is 12.1 Å². The third kappa shape index (κ3) is 3.58. The number of hydrogen-bond donors (Lipinski definition) is 3. The number of carboxylic acid groups (broad SMARTS) is 1. The molecule has 0 radical (unpaired) electrons. The lowest BCUT2D eigenvalue weighted by atomic mass is 10.2. The lowest BCUT2D eigenvalue weighted by Crippen LogP contribution is -2.41. The van der Waals surface area contributed by atoms with Crippen LogP contribution in [0.25, 0.3) is 0 Å². The van der Waals surface area contributed by atoms with Gasteiger partial charge in [0.25, 0.3) is 0 Å². The minimum Gasteiger partial charge on any atom is -0.479 e. The second kappa shape index (κ2) is 6.53. The fraction of sp³-hybridized carbons (Fsp3) is 0.308. The SMILES string of the molecule is O=C(O)C(O)CNC(=O)C1CSC(c2ccccc2)=N1. The van der Waals surface area contributed by atoms with Crippen molar-refractivity contribution >= 4 is 28.7 Å². The summed E-state index contributed by atoms with van der Waals surface area (Å²) in [6, 6.07) is 8.99. The Kier molecular flexibility index (Phi) is 4.75. The fourth-order valence-corrected chi connectivity index (χ4v) is 2.70. The van der Waals surface area contributed by atoms with Crippen LogP contribution in [0.4, 0.5) is 0 Å². The molecule has 1 amide bonds. The number of rotatable bonds is 5. The van der Waals surface area contributed by atoms with Gasteiger partial charge in [-0.2, -0.15) is 0 Å². The van der Waals surface area contributed by atoms with Gasteiger partial charge in [-0.25, -0.2) is 4.79 Å². The minimum absolute atomic E-state index is 0.314. The number of carbonyl (C=O) groups excluding carboxylic acids is 1. The molecule has 2 unspecified atom stereocenters. The molecule has 0 aliphatic carbocycles. The maximum absolute atomic E-state index is 11.8. The number of thioether (sulfide) groups is 1. The van der Waals surface area contributed by atoms with E-state index in [1.807, 2.05) is 30.3 Å². The first-order chi connectivity index (χ1) is 9.58. The van der Waals surface area contributed by atoms with E-state index in [-0.39, 0.29) is 12.5 Å². The van der Waals surface area contributed by atoms with Gasteiger partial charge < -0.3 is 15.5 Å². The van der Waals surface area contributed by atoms with E-state index in [1.54, 1.807) is 0 Å². The number of carbonyl (C=O) groups is 2. The Bertz CT molecular complexity index is 532. The molecule has 0 spiro atoms. The summed E-state index contributed by atoms with van der Waals surface area (Å²) >= 11 is 1.48. The highest BCUT2D eigenvalue weighted by Gasteiger charge is 2.26. The summed E-state index contributed by atoms with van der Waals surface area (Å²) in [7, 11) is 0. The summed E-state index contributed by atoms with van der Waals surface area (Å²) in [5.41, 5.74) is 0.957. The van der Waals surface area contributed by atoms with Gasteiger partial charge in [0.1, 0.15) is 6.04 Å². The molecule has 106 valence electrons. The second-order valence-electron chi connectivity index (χ2n) is 4.23. The molecule has 1 aromatic carbocycles. The number of nitrogens with one attached hydrogen (secondary N) is 1. The van der Waals surface area contributed by atoms with Crippen LogP contribution >= 0.6 is 11.8 Å². The van der Waals surface area contributed by atoms with Gasteiger partial charge in [0.15, 0.2) is 6.10 Å². The molecule has 6 nitrogen and oxygen atoms in total. The molecule has 7 heteroatoms. The van der Waals surface area contributed by atoms with Crippen LogP contribution in [0, 0.1) is 0 Å². The Morgan fingerprint density at radius 1 is 1.40 bits per heavy atom. The van der Waals surface area contributed by atoms with Crippen molar-refractivity contribution in [3.63, 3.8) is 0 Å². The van der Waals surface area contributed by atoms with Crippen molar-refractivity contribution in [2.24, 2.45) is 4.99 Å². The highest BCUT2D eigenvalue weighted by molar-refractivity contribution is 8.14. The smallest absolute Gasteiger partial charge is 0.334 e. The van der Waals surface area contributed by atoms with Crippen molar-refractivity contribution in [1.82, 2.24) is 5.32 Å². The van der Waals surface area contributed by atoms with Gasteiger partial charge in [-0.3, -0.25) is 9.79 Å². The third-order valence-electron chi connectivity index (χ3n) is 2.73. The van der Waals surface area contributed by atoms with Gasteiger partial charge in [-0.05, 0) is 0 Å². The van der Waals surface area contributed by atoms with Gasteiger partial charge in [0.2, 0.25) is 5.91 Å². The van der Waals surface area contributed by atoms with Gasteiger partial charge in [0, 0.05) is 11.3 Å². The normalized spacial score (nSPS) is 19.2. The molecule has 0 saturated carbocycles. The highest BCUT2D eigenvalue weighted by atomic mass is 32.2. The van der Waals surface area contributed by atoms with E-state index < -0.39 is 18.1 Å². The molecule has 1 heterocycles. The molecule has 2 rings (SSSR count). The predicted octanol–water partition coefficient (Wildman–Crippen LogP) is 0.110. The fourth-order valence-electron chi connectivity index (χ4n) is 1.65. The zero-order valence-electron chi connectivity index (χ0n) is 10.5. The van der Waals surface area contributed by atoms with Crippen LogP contribution in [0.15, 0.2) is 35.3 Å². The lowest BCUT2D eigenvalue weighted by molar-refractivity contribution is -0.146. The van der Waals surface area contributed by atoms with E-state index in [0.717, 1.165) is 10.6 Å². The van der Waals surface area contributed by atoms with Crippen LogP contribution < -0.4 is 5.32 Å². The number of hydrogen-bond acceptors (Lipinski definition) is 5. The first-order valence-corrected chi connectivity index (χ1v) is 7.01. The van der Waals surface area contributed by atoms with Gasteiger partial charge >= 0.3 is 5.97 Å². The Hall–Kier alpha value is -1.86. The molecule has 0 aromatic heterocycles. The predicted molar refractivity (Wildman–Crippen MR) is 75.9 cm³/mol. The molecule has 1 aliphatic rings. The Morgan fingerprint density at radius 2 is 2.10 bits per heavy atom. The van der Waals surface area contributed by atoms with Crippen LogP contribution in [0.3, 0.4) is 0 Å². The summed E-state index contributed by atoms with van der Waals surface area (Å²) in [6.07, 6.45) is -1.59. The maximum Gasteiger partial charge on any atom is 0.334 e. The number of aliphatic hydroxyl groups is 1. The third-order valence-corrected chi connectivity index (χ3v) is 3.83. The zero-order chi connectivity index (χ0) is 14.5. The molecule has 1 aliphatic heterocycles. The first-order valence-electron chi connectivity index (χ1n) is 6.02. The lowest BCUT2D eigenvalue weighted by Gasteiger charge is -2.09. The number of aliphatic hydroxyl groups excluding tert-OH is 1. The second-order valence-corrected chi connectivity index (χ2v) is 5.23. The van der Waals surface area contributed by atoms with E-state index >= 15 is 0 Å². The molecule has 0 bridgehead atoms. The van der Waals surface area contributed by atoms with Crippen LogP contribution in [-0.4, -0.2) is 51.6 Å². The quantitative estimate of drug-likeness (QED) is 0.716. The maximum atomic E-state index is 11.8. The number of amides is 1. The molecular formula is C13H14N2O4S. The average molecular weight is 294 g/mol. The van der Waals surface area contributed by atoms with Crippen molar-refractivity contribution in [3.05, 3.63) is 35.9 Å². The number of benzene rings is 1. The van der Waals surface area contributed by atoms with Crippen molar-refractivity contribution in [3.8, 4) is 0 Å². The summed E-state index contributed by atoms with van der Waals surface area (Å²) in [5, 5.41) is 20.8. The number of aliphatic imine (C=N–C) groups is 1.